The third kappa shape index (κ3) is 8.36. The van der Waals surface area contributed by atoms with Crippen LogP contribution in [-0.2, 0) is 9.47 Å². The fourth-order valence-corrected chi connectivity index (χ4v) is 2.62. The van der Waals surface area contributed by atoms with Gasteiger partial charge in [0.1, 0.15) is 6.10 Å². The highest BCUT2D eigenvalue weighted by atomic mass is 19.4. The van der Waals surface area contributed by atoms with Crippen molar-refractivity contribution in [2.24, 2.45) is 0 Å². The van der Waals surface area contributed by atoms with E-state index in [-0.39, 0.29) is 11.2 Å². The Hall–Kier alpha value is -2.25. The Morgan fingerprint density at radius 1 is 0.781 bits per heavy atom. The van der Waals surface area contributed by atoms with Crippen molar-refractivity contribution < 1.29 is 32.1 Å². The number of alkyl halides is 3. The first-order valence-electron chi connectivity index (χ1n) is 10.3. The largest absolute Gasteiger partial charge is 0.493 e. The van der Waals surface area contributed by atoms with Crippen molar-refractivity contribution in [2.45, 2.75) is 64.5 Å². The van der Waals surface area contributed by atoms with Crippen LogP contribution in [0.15, 0.2) is 48.5 Å². The van der Waals surface area contributed by atoms with Crippen LogP contribution in [0.2, 0.25) is 0 Å². The minimum absolute atomic E-state index is 0.234. The van der Waals surface area contributed by atoms with E-state index >= 15 is 0 Å². The van der Waals surface area contributed by atoms with Gasteiger partial charge in [0.2, 0.25) is 0 Å². The molecule has 2 rings (SSSR count). The number of hydrogen-bond donors (Lipinski definition) is 0. The average molecular weight is 457 g/mol. The van der Waals surface area contributed by atoms with Crippen molar-refractivity contribution in [2.75, 3.05) is 21.3 Å². The maximum absolute atomic E-state index is 12.8. The monoisotopic (exact) mass is 456 g/mol. The van der Waals surface area contributed by atoms with Crippen molar-refractivity contribution >= 4 is 0 Å². The number of halogens is 3. The van der Waals surface area contributed by atoms with Gasteiger partial charge in [-0.2, -0.15) is 13.2 Å². The standard InChI is InChI=1S/C17H17F3O2.C8H18O2/c1-12-8-9-14(15(10-12)21-2)22-16(11-17(18,19)20)13-6-4-3-5-7-13;1-7(2,9-5)8(3,4)10-6/h3-10,16H,11H2,1-2H3;1-6H3. The zero-order valence-electron chi connectivity index (χ0n) is 20.2. The van der Waals surface area contributed by atoms with Gasteiger partial charge >= 0.3 is 6.18 Å². The van der Waals surface area contributed by atoms with Crippen LogP contribution < -0.4 is 9.47 Å². The van der Waals surface area contributed by atoms with Gasteiger partial charge in [0.05, 0.1) is 24.7 Å². The quantitative estimate of drug-likeness (QED) is 0.432. The molecular formula is C25H35F3O4. The minimum atomic E-state index is -4.32. The van der Waals surface area contributed by atoms with Crippen LogP contribution in [0.25, 0.3) is 0 Å². The van der Waals surface area contributed by atoms with Gasteiger partial charge in [0.15, 0.2) is 11.5 Å². The van der Waals surface area contributed by atoms with Crippen molar-refractivity contribution in [3.8, 4) is 11.5 Å². The first kappa shape index (κ1) is 27.8. The van der Waals surface area contributed by atoms with Crippen LogP contribution in [0.1, 0.15) is 51.3 Å². The van der Waals surface area contributed by atoms with Crippen molar-refractivity contribution in [1.29, 1.82) is 0 Å². The molecule has 1 atom stereocenters. The summed E-state index contributed by atoms with van der Waals surface area (Å²) in [5, 5.41) is 0. The molecule has 0 aromatic heterocycles. The fourth-order valence-electron chi connectivity index (χ4n) is 2.62. The third-order valence-electron chi connectivity index (χ3n) is 5.65. The first-order valence-corrected chi connectivity index (χ1v) is 10.3. The van der Waals surface area contributed by atoms with Crippen LogP contribution in [0.4, 0.5) is 13.2 Å². The lowest BCUT2D eigenvalue weighted by Crippen LogP contribution is -2.48. The van der Waals surface area contributed by atoms with E-state index < -0.39 is 18.7 Å². The summed E-state index contributed by atoms with van der Waals surface area (Å²) in [6, 6.07) is 13.5. The maximum Gasteiger partial charge on any atom is 0.392 e. The molecule has 2 aromatic carbocycles. The van der Waals surface area contributed by atoms with Crippen LogP contribution in [-0.4, -0.2) is 38.7 Å². The lowest BCUT2D eigenvalue weighted by molar-refractivity contribution is -0.151. The van der Waals surface area contributed by atoms with Crippen LogP contribution >= 0.6 is 0 Å². The Bertz CT molecular complexity index is 804. The Labute approximate surface area is 189 Å². The van der Waals surface area contributed by atoms with Crippen molar-refractivity contribution in [1.82, 2.24) is 0 Å². The molecule has 0 amide bonds. The zero-order valence-corrected chi connectivity index (χ0v) is 20.2. The summed E-state index contributed by atoms with van der Waals surface area (Å²) >= 11 is 0. The Morgan fingerprint density at radius 3 is 1.75 bits per heavy atom. The highest BCUT2D eigenvalue weighted by Crippen LogP contribution is 2.37. The van der Waals surface area contributed by atoms with E-state index in [2.05, 4.69) is 0 Å². The highest BCUT2D eigenvalue weighted by molar-refractivity contribution is 5.43. The van der Waals surface area contributed by atoms with Crippen LogP contribution in [0.3, 0.4) is 0 Å². The first-order chi connectivity index (χ1) is 14.8. The second kappa shape index (κ2) is 11.6. The van der Waals surface area contributed by atoms with E-state index in [0.717, 1.165) is 5.56 Å². The molecule has 1 unspecified atom stereocenters. The van der Waals surface area contributed by atoms with Gasteiger partial charge in [-0.1, -0.05) is 36.4 Å². The predicted octanol–water partition coefficient (Wildman–Crippen LogP) is 6.91. The van der Waals surface area contributed by atoms with Gasteiger partial charge in [0, 0.05) is 14.2 Å². The lowest BCUT2D eigenvalue weighted by atomic mass is 9.89. The second-order valence-corrected chi connectivity index (χ2v) is 8.42. The number of ether oxygens (including phenoxy) is 4. The molecule has 0 radical (unpaired) electrons. The van der Waals surface area contributed by atoms with Crippen molar-refractivity contribution in [3.63, 3.8) is 0 Å². The number of benzene rings is 2. The topological polar surface area (TPSA) is 36.9 Å². The van der Waals surface area contributed by atoms with Gasteiger partial charge in [-0.05, 0) is 57.9 Å². The van der Waals surface area contributed by atoms with E-state index in [9.17, 15) is 13.2 Å². The van der Waals surface area contributed by atoms with Gasteiger partial charge in [-0.3, -0.25) is 0 Å². The Balaban J connectivity index is 0.000000433. The smallest absolute Gasteiger partial charge is 0.392 e. The molecule has 0 aliphatic rings. The molecule has 0 fully saturated rings. The summed E-state index contributed by atoms with van der Waals surface area (Å²) < 4.78 is 59.8. The highest BCUT2D eigenvalue weighted by Gasteiger charge is 2.37. The fraction of sp³-hybridized carbons (Fsp3) is 0.520. The Morgan fingerprint density at radius 2 is 1.31 bits per heavy atom. The van der Waals surface area contributed by atoms with E-state index in [0.29, 0.717) is 17.1 Å². The molecule has 0 saturated carbocycles. The number of aryl methyl sites for hydroxylation is 1. The average Bonchev–Trinajstić information content (AvgIpc) is 2.74. The molecule has 32 heavy (non-hydrogen) atoms. The van der Waals surface area contributed by atoms with E-state index in [1.807, 2.05) is 34.6 Å². The molecule has 0 spiro atoms. The molecular weight excluding hydrogens is 421 g/mol. The third-order valence-corrected chi connectivity index (χ3v) is 5.65. The molecule has 0 bridgehead atoms. The summed E-state index contributed by atoms with van der Waals surface area (Å²) in [6.45, 7) is 9.91. The zero-order chi connectivity index (χ0) is 24.6. The number of methoxy groups -OCH3 is 3. The van der Waals surface area contributed by atoms with Gasteiger partial charge in [0.25, 0.3) is 0 Å². The molecule has 0 aliphatic carbocycles. The predicted molar refractivity (Wildman–Crippen MR) is 120 cm³/mol. The molecule has 0 N–H and O–H groups in total. The second-order valence-electron chi connectivity index (χ2n) is 8.42. The van der Waals surface area contributed by atoms with Crippen LogP contribution in [0, 0.1) is 6.92 Å². The number of rotatable bonds is 8. The summed E-state index contributed by atoms with van der Waals surface area (Å²) in [5.74, 6) is 0.717. The molecule has 0 saturated heterocycles. The summed E-state index contributed by atoms with van der Waals surface area (Å²) in [7, 11) is 4.85. The van der Waals surface area contributed by atoms with Gasteiger partial charge in [-0.15, -0.1) is 0 Å². The Kier molecular flexibility index (Phi) is 10.0. The summed E-state index contributed by atoms with van der Waals surface area (Å²) in [4.78, 5) is 0. The van der Waals surface area contributed by atoms with Crippen molar-refractivity contribution in [3.05, 3.63) is 59.7 Å². The maximum atomic E-state index is 12.8. The summed E-state index contributed by atoms with van der Waals surface area (Å²) in [5.41, 5.74) is 0.947. The minimum Gasteiger partial charge on any atom is -0.493 e. The van der Waals surface area contributed by atoms with E-state index in [4.69, 9.17) is 18.9 Å². The molecule has 0 aliphatic heterocycles. The molecule has 180 valence electrons. The summed E-state index contributed by atoms with van der Waals surface area (Å²) in [6.07, 6.45) is -6.50. The van der Waals surface area contributed by atoms with Gasteiger partial charge < -0.3 is 18.9 Å². The molecule has 0 heterocycles. The van der Waals surface area contributed by atoms with Gasteiger partial charge in [-0.25, -0.2) is 0 Å². The number of hydrogen-bond acceptors (Lipinski definition) is 4. The van der Waals surface area contributed by atoms with Crippen LogP contribution in [0.5, 0.6) is 11.5 Å². The lowest BCUT2D eigenvalue weighted by Gasteiger charge is -2.38. The SMILES string of the molecule is COC(C)(C)C(C)(C)OC.COc1cc(C)ccc1OC(CC(F)(F)F)c1ccccc1. The molecule has 7 heteroatoms. The van der Waals surface area contributed by atoms with E-state index in [1.165, 1.54) is 7.11 Å². The molecule has 4 nitrogen and oxygen atoms in total. The normalized spacial score (nSPS) is 13.1. The van der Waals surface area contributed by atoms with E-state index in [1.54, 1.807) is 62.8 Å². The molecule has 2 aromatic rings.